The smallest absolute Gasteiger partial charge is 0.254 e. The van der Waals surface area contributed by atoms with Crippen molar-refractivity contribution < 1.29 is 18.7 Å². The highest BCUT2D eigenvalue weighted by Crippen LogP contribution is 2.42. The van der Waals surface area contributed by atoms with Gasteiger partial charge in [0.15, 0.2) is 0 Å². The van der Waals surface area contributed by atoms with Crippen LogP contribution in [0.5, 0.6) is 0 Å². The molecular weight excluding hydrogens is 461 g/mol. The molecule has 0 radical (unpaired) electrons. The van der Waals surface area contributed by atoms with Crippen molar-refractivity contribution in [2.75, 3.05) is 0 Å². The molecule has 3 aromatic rings. The summed E-state index contributed by atoms with van der Waals surface area (Å²) < 4.78 is 28.0. The number of carbonyl (C=O) groups is 1. The van der Waals surface area contributed by atoms with Gasteiger partial charge in [-0.2, -0.15) is 15.0 Å². The Morgan fingerprint density at radius 1 is 1.19 bits per heavy atom. The molecule has 1 saturated carbocycles. The molecule has 32 heavy (non-hydrogen) atoms. The van der Waals surface area contributed by atoms with Crippen LogP contribution in [-0.2, 0) is 0 Å². The lowest BCUT2D eigenvalue weighted by Gasteiger charge is -2.41. The van der Waals surface area contributed by atoms with E-state index in [1.165, 1.54) is 53.6 Å². The van der Waals surface area contributed by atoms with Gasteiger partial charge < -0.3 is 10.4 Å². The highest BCUT2D eigenvalue weighted by Gasteiger charge is 2.43. The second-order valence-corrected chi connectivity index (χ2v) is 8.62. The van der Waals surface area contributed by atoms with Crippen LogP contribution in [0.25, 0.3) is 5.69 Å². The van der Waals surface area contributed by atoms with Gasteiger partial charge in [0.2, 0.25) is 0 Å². The molecule has 1 unspecified atom stereocenters. The minimum absolute atomic E-state index is 0.0835. The summed E-state index contributed by atoms with van der Waals surface area (Å²) >= 11 is 12.3. The summed E-state index contributed by atoms with van der Waals surface area (Å²) in [6, 6.07) is 7.67. The van der Waals surface area contributed by atoms with Crippen molar-refractivity contribution in [3.8, 4) is 5.69 Å². The van der Waals surface area contributed by atoms with E-state index >= 15 is 0 Å². The highest BCUT2D eigenvalue weighted by atomic mass is 35.5. The summed E-state index contributed by atoms with van der Waals surface area (Å²) in [5.74, 6) is -1.26. The van der Waals surface area contributed by atoms with Crippen LogP contribution >= 0.6 is 23.2 Å². The standard InChI is InChI=1S/C22H20Cl2F2N4O2/c23-13-4-5-15(18(12-13)30-27-10-11-28-30)21(31)29-20(16-2-1-3-17(26)19(16)24)22(32)8-6-14(25)7-9-22/h1-5,10-12,14,20,32H,6-9H2,(H,29,31)/t14-,20?,22+. The lowest BCUT2D eigenvalue weighted by Crippen LogP contribution is -2.48. The molecule has 168 valence electrons. The first-order valence-corrected chi connectivity index (χ1v) is 10.8. The maximum atomic E-state index is 14.2. The molecule has 6 nitrogen and oxygen atoms in total. The van der Waals surface area contributed by atoms with Crippen molar-refractivity contribution in [2.24, 2.45) is 0 Å². The Labute approximate surface area is 193 Å². The van der Waals surface area contributed by atoms with Crippen LogP contribution in [0.3, 0.4) is 0 Å². The summed E-state index contributed by atoms with van der Waals surface area (Å²) in [5, 5.41) is 22.5. The molecule has 4 rings (SSSR count). The number of alkyl halides is 1. The number of halogens is 4. The molecule has 2 aromatic carbocycles. The van der Waals surface area contributed by atoms with Crippen molar-refractivity contribution in [2.45, 2.75) is 43.5 Å². The Kier molecular flexibility index (Phi) is 6.46. The molecule has 1 aliphatic carbocycles. The fraction of sp³-hybridized carbons (Fsp3) is 0.318. The van der Waals surface area contributed by atoms with Crippen molar-refractivity contribution in [1.82, 2.24) is 20.3 Å². The fourth-order valence-corrected chi connectivity index (χ4v) is 4.43. The number of benzene rings is 2. The summed E-state index contributed by atoms with van der Waals surface area (Å²) in [5.41, 5.74) is -0.784. The number of aliphatic hydroxyl groups is 1. The third-order valence-corrected chi connectivity index (χ3v) is 6.36. The van der Waals surface area contributed by atoms with E-state index in [0.29, 0.717) is 10.7 Å². The van der Waals surface area contributed by atoms with E-state index in [1.807, 2.05) is 0 Å². The number of nitrogens with zero attached hydrogens (tertiary/aromatic N) is 3. The predicted octanol–water partition coefficient (Wildman–Crippen LogP) is 4.83. The molecule has 0 bridgehead atoms. The average Bonchev–Trinajstić information content (AvgIpc) is 3.31. The Morgan fingerprint density at radius 3 is 2.56 bits per heavy atom. The molecule has 1 heterocycles. The van der Waals surface area contributed by atoms with Gasteiger partial charge in [-0.3, -0.25) is 4.79 Å². The second kappa shape index (κ2) is 9.13. The van der Waals surface area contributed by atoms with Crippen molar-refractivity contribution >= 4 is 29.1 Å². The first-order chi connectivity index (χ1) is 15.3. The van der Waals surface area contributed by atoms with Gasteiger partial charge in [0.05, 0.1) is 40.3 Å². The zero-order valence-corrected chi connectivity index (χ0v) is 18.3. The van der Waals surface area contributed by atoms with Gasteiger partial charge >= 0.3 is 0 Å². The Hall–Kier alpha value is -2.55. The SMILES string of the molecule is O=C(NC(c1cccc(F)c1Cl)[C@]1(O)CC[C@@H](F)CC1)c1ccc(Cl)cc1-n1nccn1. The van der Waals surface area contributed by atoms with E-state index in [0.717, 1.165) is 0 Å². The summed E-state index contributed by atoms with van der Waals surface area (Å²) in [7, 11) is 0. The molecule has 0 spiro atoms. The molecule has 0 saturated heterocycles. The fourth-order valence-electron chi connectivity index (χ4n) is 4.03. The lowest BCUT2D eigenvalue weighted by atomic mass is 9.76. The lowest BCUT2D eigenvalue weighted by molar-refractivity contribution is -0.0445. The minimum atomic E-state index is -1.51. The topological polar surface area (TPSA) is 80.0 Å². The van der Waals surface area contributed by atoms with E-state index in [1.54, 1.807) is 0 Å². The number of rotatable bonds is 5. The van der Waals surface area contributed by atoms with E-state index in [4.69, 9.17) is 23.2 Å². The number of nitrogens with one attached hydrogen (secondary N) is 1. The monoisotopic (exact) mass is 480 g/mol. The number of hydrogen-bond donors (Lipinski definition) is 2. The summed E-state index contributed by atoms with van der Waals surface area (Å²) in [6.45, 7) is 0. The number of aromatic nitrogens is 3. The molecule has 2 N–H and O–H groups in total. The predicted molar refractivity (Wildman–Crippen MR) is 116 cm³/mol. The first-order valence-electron chi connectivity index (χ1n) is 10.1. The molecule has 1 fully saturated rings. The van der Waals surface area contributed by atoms with Crippen molar-refractivity contribution in [1.29, 1.82) is 0 Å². The summed E-state index contributed by atoms with van der Waals surface area (Å²) in [6.07, 6.45) is 2.29. The van der Waals surface area contributed by atoms with E-state index < -0.39 is 29.5 Å². The van der Waals surface area contributed by atoms with Gasteiger partial charge in [-0.1, -0.05) is 35.3 Å². The molecule has 10 heteroatoms. The minimum Gasteiger partial charge on any atom is -0.387 e. The molecular formula is C22H20Cl2F2N4O2. The van der Waals surface area contributed by atoms with Crippen molar-refractivity contribution in [3.63, 3.8) is 0 Å². The molecule has 1 atom stereocenters. The zero-order chi connectivity index (χ0) is 22.9. The van der Waals surface area contributed by atoms with Crippen LogP contribution < -0.4 is 5.32 Å². The van der Waals surface area contributed by atoms with E-state index in [2.05, 4.69) is 15.5 Å². The molecule has 1 amide bonds. The molecule has 1 aromatic heterocycles. The largest absolute Gasteiger partial charge is 0.387 e. The molecule has 0 aliphatic heterocycles. The maximum Gasteiger partial charge on any atom is 0.254 e. The van der Waals surface area contributed by atoms with Gasteiger partial charge in [0, 0.05) is 5.02 Å². The number of carbonyl (C=O) groups excluding carboxylic acids is 1. The zero-order valence-electron chi connectivity index (χ0n) is 16.8. The van der Waals surface area contributed by atoms with Gasteiger partial charge in [-0.25, -0.2) is 8.78 Å². The van der Waals surface area contributed by atoms with Gasteiger partial charge in [0.1, 0.15) is 12.0 Å². The van der Waals surface area contributed by atoms with Crippen LogP contribution in [-0.4, -0.2) is 37.8 Å². The normalized spacial score (nSPS) is 21.8. The van der Waals surface area contributed by atoms with Crippen molar-refractivity contribution in [3.05, 3.63) is 75.8 Å². The van der Waals surface area contributed by atoms with Crippen LogP contribution in [0.15, 0.2) is 48.8 Å². The van der Waals surface area contributed by atoms with Crippen LogP contribution in [0.4, 0.5) is 8.78 Å². The average molecular weight is 481 g/mol. The maximum absolute atomic E-state index is 14.2. The number of amides is 1. The van der Waals surface area contributed by atoms with Crippen LogP contribution in [0.1, 0.15) is 47.6 Å². The van der Waals surface area contributed by atoms with Gasteiger partial charge in [0.25, 0.3) is 5.91 Å². The van der Waals surface area contributed by atoms with E-state index in [-0.39, 0.29) is 41.8 Å². The Morgan fingerprint density at radius 2 is 1.88 bits per heavy atom. The van der Waals surface area contributed by atoms with Gasteiger partial charge in [-0.15, -0.1) is 0 Å². The third kappa shape index (κ3) is 4.48. The summed E-state index contributed by atoms with van der Waals surface area (Å²) in [4.78, 5) is 14.6. The highest BCUT2D eigenvalue weighted by molar-refractivity contribution is 6.31. The van der Waals surface area contributed by atoms with Crippen LogP contribution in [0.2, 0.25) is 10.0 Å². The van der Waals surface area contributed by atoms with E-state index in [9.17, 15) is 18.7 Å². The first kappa shape index (κ1) is 22.6. The third-order valence-electron chi connectivity index (χ3n) is 5.72. The second-order valence-electron chi connectivity index (χ2n) is 7.81. The Balaban J connectivity index is 1.74. The van der Waals surface area contributed by atoms with Crippen LogP contribution in [0, 0.1) is 5.82 Å². The quantitative estimate of drug-likeness (QED) is 0.548. The Bertz CT molecular complexity index is 1120. The number of hydrogen-bond acceptors (Lipinski definition) is 4. The van der Waals surface area contributed by atoms with Gasteiger partial charge in [-0.05, 0) is 55.5 Å². The molecule has 1 aliphatic rings.